The van der Waals surface area contributed by atoms with E-state index in [4.69, 9.17) is 35.5 Å². The summed E-state index contributed by atoms with van der Waals surface area (Å²) < 4.78 is 21.7. The van der Waals surface area contributed by atoms with Crippen LogP contribution < -0.4 is 14.2 Å². The highest BCUT2D eigenvalue weighted by atomic mass is 35.5. The van der Waals surface area contributed by atoms with Gasteiger partial charge in [0.2, 0.25) is 11.6 Å². The standard InChI is InChI=1S/C20H16ClN3O4/c1-25-16-9-14(10-17(26-2)18(16)27-3)19-23-24-20(28-19)15(21)8-12-4-6-13(11-22)7-5-12/h4-10H,1-3H3/b15-8-. The number of nitrogens with zero attached hydrogens (tertiary/aromatic N) is 3. The molecule has 28 heavy (non-hydrogen) atoms. The molecule has 2 aromatic carbocycles. The van der Waals surface area contributed by atoms with Gasteiger partial charge >= 0.3 is 0 Å². The maximum Gasteiger partial charge on any atom is 0.259 e. The van der Waals surface area contributed by atoms with Gasteiger partial charge in [-0.15, -0.1) is 10.2 Å². The van der Waals surface area contributed by atoms with Crippen LogP contribution in [0.4, 0.5) is 0 Å². The summed E-state index contributed by atoms with van der Waals surface area (Å²) in [7, 11) is 4.58. The third-order valence-electron chi connectivity index (χ3n) is 3.87. The Labute approximate surface area is 166 Å². The van der Waals surface area contributed by atoms with Crippen LogP contribution in [0.5, 0.6) is 17.2 Å². The van der Waals surface area contributed by atoms with E-state index in [9.17, 15) is 0 Å². The fourth-order valence-electron chi connectivity index (χ4n) is 2.50. The maximum absolute atomic E-state index is 8.86. The Bertz CT molecular complexity index is 1030. The summed E-state index contributed by atoms with van der Waals surface area (Å²) in [5.41, 5.74) is 1.96. The zero-order valence-corrected chi connectivity index (χ0v) is 16.1. The zero-order chi connectivity index (χ0) is 20.1. The van der Waals surface area contributed by atoms with Gasteiger partial charge in [0.15, 0.2) is 11.5 Å². The number of nitriles is 1. The molecule has 3 rings (SSSR count). The molecule has 0 unspecified atom stereocenters. The van der Waals surface area contributed by atoms with Crippen LogP contribution in [0.15, 0.2) is 40.8 Å². The summed E-state index contributed by atoms with van der Waals surface area (Å²) in [6, 6.07) is 12.4. The van der Waals surface area contributed by atoms with E-state index >= 15 is 0 Å². The van der Waals surface area contributed by atoms with Crippen LogP contribution in [0.1, 0.15) is 17.0 Å². The predicted molar refractivity (Wildman–Crippen MR) is 104 cm³/mol. The topological polar surface area (TPSA) is 90.4 Å². The lowest BCUT2D eigenvalue weighted by atomic mass is 10.1. The molecule has 0 fully saturated rings. The molecule has 0 saturated carbocycles. The number of hydrogen-bond acceptors (Lipinski definition) is 7. The summed E-state index contributed by atoms with van der Waals surface area (Å²) in [4.78, 5) is 0. The lowest BCUT2D eigenvalue weighted by molar-refractivity contribution is 0.324. The second-order valence-electron chi connectivity index (χ2n) is 5.55. The van der Waals surface area contributed by atoms with E-state index in [-0.39, 0.29) is 16.8 Å². The summed E-state index contributed by atoms with van der Waals surface area (Å²) >= 11 is 6.31. The largest absolute Gasteiger partial charge is 0.493 e. The van der Waals surface area contributed by atoms with Crippen molar-refractivity contribution >= 4 is 22.7 Å². The number of halogens is 1. The van der Waals surface area contributed by atoms with Gasteiger partial charge in [0.05, 0.1) is 33.0 Å². The molecule has 0 bridgehead atoms. The van der Waals surface area contributed by atoms with E-state index in [1.165, 1.54) is 21.3 Å². The maximum atomic E-state index is 8.86. The van der Waals surface area contributed by atoms with Crippen molar-refractivity contribution in [3.05, 3.63) is 53.4 Å². The number of rotatable bonds is 6. The van der Waals surface area contributed by atoms with Crippen LogP contribution in [0, 0.1) is 11.3 Å². The molecule has 3 aromatic rings. The minimum atomic E-state index is 0.162. The zero-order valence-electron chi connectivity index (χ0n) is 15.4. The van der Waals surface area contributed by atoms with E-state index in [2.05, 4.69) is 16.3 Å². The number of hydrogen-bond donors (Lipinski definition) is 0. The van der Waals surface area contributed by atoms with E-state index < -0.39 is 0 Å². The first-order valence-electron chi connectivity index (χ1n) is 8.11. The highest BCUT2D eigenvalue weighted by Crippen LogP contribution is 2.41. The van der Waals surface area contributed by atoms with Crippen molar-refractivity contribution in [2.45, 2.75) is 0 Å². The molecule has 0 saturated heterocycles. The Morgan fingerprint density at radius 3 is 2.21 bits per heavy atom. The van der Waals surface area contributed by atoms with Crippen LogP contribution in [0.2, 0.25) is 0 Å². The third-order valence-corrected chi connectivity index (χ3v) is 4.14. The normalized spacial score (nSPS) is 11.0. The van der Waals surface area contributed by atoms with Gasteiger partial charge in [-0.1, -0.05) is 23.7 Å². The summed E-state index contributed by atoms with van der Waals surface area (Å²) in [5.74, 6) is 1.81. The third kappa shape index (κ3) is 3.92. The molecule has 142 valence electrons. The van der Waals surface area contributed by atoms with Crippen molar-refractivity contribution in [3.63, 3.8) is 0 Å². The molecule has 0 amide bonds. The molecule has 0 aliphatic heterocycles. The van der Waals surface area contributed by atoms with Crippen LogP contribution in [0.25, 0.3) is 22.6 Å². The van der Waals surface area contributed by atoms with Gasteiger partial charge in [-0.05, 0) is 35.9 Å². The fourth-order valence-corrected chi connectivity index (χ4v) is 2.71. The van der Waals surface area contributed by atoms with E-state index in [1.54, 1.807) is 42.5 Å². The highest BCUT2D eigenvalue weighted by molar-refractivity contribution is 6.50. The van der Waals surface area contributed by atoms with Gasteiger partial charge in [-0.25, -0.2) is 0 Å². The van der Waals surface area contributed by atoms with Gasteiger partial charge in [-0.2, -0.15) is 5.26 Å². The first-order valence-corrected chi connectivity index (χ1v) is 8.49. The number of ether oxygens (including phenoxy) is 3. The Kier molecular flexibility index (Phi) is 5.82. The number of methoxy groups -OCH3 is 3. The van der Waals surface area contributed by atoms with Crippen LogP contribution in [0.3, 0.4) is 0 Å². The van der Waals surface area contributed by atoms with Crippen LogP contribution in [-0.2, 0) is 0 Å². The Balaban J connectivity index is 1.93. The Hall–Kier alpha value is -3.50. The minimum Gasteiger partial charge on any atom is -0.493 e. The van der Waals surface area contributed by atoms with E-state index in [0.717, 1.165) is 5.56 Å². The number of aromatic nitrogens is 2. The molecule has 8 heteroatoms. The predicted octanol–water partition coefficient (Wildman–Crippen LogP) is 4.37. The SMILES string of the molecule is COc1cc(-c2nnc(/C(Cl)=C/c3ccc(C#N)cc3)o2)cc(OC)c1OC. The van der Waals surface area contributed by atoms with Crippen molar-refractivity contribution in [1.29, 1.82) is 5.26 Å². The molecule has 0 atom stereocenters. The van der Waals surface area contributed by atoms with Gasteiger partial charge in [-0.3, -0.25) is 0 Å². The quantitative estimate of drug-likeness (QED) is 0.609. The monoisotopic (exact) mass is 397 g/mol. The summed E-state index contributed by atoms with van der Waals surface area (Å²) in [6.07, 6.45) is 1.68. The minimum absolute atomic E-state index is 0.162. The van der Waals surface area contributed by atoms with Gasteiger partial charge in [0.1, 0.15) is 5.03 Å². The van der Waals surface area contributed by atoms with Crippen molar-refractivity contribution in [2.75, 3.05) is 21.3 Å². The molecule has 1 heterocycles. The molecule has 7 nitrogen and oxygen atoms in total. The van der Waals surface area contributed by atoms with Crippen LogP contribution >= 0.6 is 11.6 Å². The van der Waals surface area contributed by atoms with Gasteiger partial charge in [0.25, 0.3) is 5.89 Å². The summed E-state index contributed by atoms with van der Waals surface area (Å²) in [6.45, 7) is 0. The lowest BCUT2D eigenvalue weighted by Gasteiger charge is -2.12. The molecular weight excluding hydrogens is 382 g/mol. The van der Waals surface area contributed by atoms with Crippen molar-refractivity contribution in [3.8, 4) is 34.8 Å². The fraction of sp³-hybridized carbons (Fsp3) is 0.150. The molecule has 1 aromatic heterocycles. The van der Waals surface area contributed by atoms with Gasteiger partial charge < -0.3 is 18.6 Å². The second kappa shape index (κ2) is 8.46. The average molecular weight is 398 g/mol. The first kappa shape index (κ1) is 19.3. The highest BCUT2D eigenvalue weighted by Gasteiger charge is 2.18. The molecule has 0 aliphatic carbocycles. The van der Waals surface area contributed by atoms with E-state index in [1.807, 2.05) is 0 Å². The molecule has 0 spiro atoms. The van der Waals surface area contributed by atoms with Crippen LogP contribution in [-0.4, -0.2) is 31.5 Å². The van der Waals surface area contributed by atoms with Crippen molar-refractivity contribution in [2.24, 2.45) is 0 Å². The van der Waals surface area contributed by atoms with Gasteiger partial charge in [0, 0.05) is 5.56 Å². The number of benzene rings is 2. The second-order valence-corrected chi connectivity index (χ2v) is 5.96. The Morgan fingerprint density at radius 1 is 1.04 bits per heavy atom. The first-order chi connectivity index (χ1) is 13.6. The summed E-state index contributed by atoms with van der Waals surface area (Å²) in [5, 5.41) is 17.2. The van der Waals surface area contributed by atoms with Crippen molar-refractivity contribution in [1.82, 2.24) is 10.2 Å². The Morgan fingerprint density at radius 2 is 1.68 bits per heavy atom. The van der Waals surface area contributed by atoms with E-state index in [0.29, 0.717) is 28.4 Å². The smallest absolute Gasteiger partial charge is 0.259 e. The molecule has 0 radical (unpaired) electrons. The molecular formula is C20H16ClN3O4. The molecule has 0 N–H and O–H groups in total. The molecule has 0 aliphatic rings. The average Bonchev–Trinajstić information content (AvgIpc) is 3.23. The lowest BCUT2D eigenvalue weighted by Crippen LogP contribution is -1.95. The van der Waals surface area contributed by atoms with Crippen molar-refractivity contribution < 1.29 is 18.6 Å².